The van der Waals surface area contributed by atoms with Gasteiger partial charge >= 0.3 is 0 Å². The van der Waals surface area contributed by atoms with Crippen LogP contribution < -0.4 is 9.62 Å². The third-order valence-corrected chi connectivity index (χ3v) is 5.25. The molecule has 23 heavy (non-hydrogen) atoms. The van der Waals surface area contributed by atoms with Crippen molar-refractivity contribution in [3.8, 4) is 0 Å². The second-order valence-electron chi connectivity index (χ2n) is 5.67. The summed E-state index contributed by atoms with van der Waals surface area (Å²) < 4.78 is 26.3. The van der Waals surface area contributed by atoms with Gasteiger partial charge in [-0.1, -0.05) is 38.5 Å². The summed E-state index contributed by atoms with van der Waals surface area (Å²) in [7, 11) is -3.26. The molecule has 0 saturated carbocycles. The van der Waals surface area contributed by atoms with Crippen molar-refractivity contribution in [1.29, 1.82) is 0 Å². The number of carbonyl (C=O) groups is 1. The SMILES string of the molecule is CCCCS(=O)(=O)NCCN(C(C)=O)c1c(C)cccc1CC. The van der Waals surface area contributed by atoms with Gasteiger partial charge in [0.2, 0.25) is 15.9 Å². The standard InChI is InChI=1S/C17H28N2O3S/c1-5-7-13-23(21,22)18-11-12-19(15(4)20)17-14(3)9-8-10-16(17)6-2/h8-10,18H,5-7,11-13H2,1-4H3. The highest BCUT2D eigenvalue weighted by Gasteiger charge is 2.18. The Kier molecular flexibility index (Phi) is 7.72. The van der Waals surface area contributed by atoms with Crippen LogP contribution in [0.2, 0.25) is 0 Å². The van der Waals surface area contributed by atoms with Crippen LogP contribution in [0.15, 0.2) is 18.2 Å². The number of nitrogens with one attached hydrogen (secondary N) is 1. The quantitative estimate of drug-likeness (QED) is 0.751. The van der Waals surface area contributed by atoms with Crippen LogP contribution in [0, 0.1) is 6.92 Å². The summed E-state index contributed by atoms with van der Waals surface area (Å²) in [5, 5.41) is 0. The van der Waals surface area contributed by atoms with Crippen molar-refractivity contribution in [1.82, 2.24) is 4.72 Å². The monoisotopic (exact) mass is 340 g/mol. The number of amides is 1. The Labute approximate surface area is 140 Å². The van der Waals surface area contributed by atoms with Crippen LogP contribution in [-0.4, -0.2) is 33.2 Å². The van der Waals surface area contributed by atoms with Crippen LogP contribution in [0.3, 0.4) is 0 Å². The van der Waals surface area contributed by atoms with Gasteiger partial charge < -0.3 is 4.90 Å². The van der Waals surface area contributed by atoms with Crippen LogP contribution >= 0.6 is 0 Å². The number of hydrogen-bond donors (Lipinski definition) is 1. The van der Waals surface area contributed by atoms with E-state index in [4.69, 9.17) is 0 Å². The Hall–Kier alpha value is -1.40. The van der Waals surface area contributed by atoms with E-state index in [1.54, 1.807) is 4.90 Å². The highest BCUT2D eigenvalue weighted by atomic mass is 32.2. The summed E-state index contributed by atoms with van der Waals surface area (Å²) >= 11 is 0. The molecule has 1 rings (SSSR count). The average molecular weight is 340 g/mol. The first-order valence-electron chi connectivity index (χ1n) is 8.16. The van der Waals surface area contributed by atoms with Gasteiger partial charge in [-0.15, -0.1) is 0 Å². The number of aryl methyl sites for hydroxylation is 2. The zero-order valence-electron chi connectivity index (χ0n) is 14.6. The van der Waals surface area contributed by atoms with Crippen molar-refractivity contribution in [3.63, 3.8) is 0 Å². The first-order valence-corrected chi connectivity index (χ1v) is 9.81. The molecule has 130 valence electrons. The van der Waals surface area contributed by atoms with Gasteiger partial charge in [0.25, 0.3) is 0 Å². The zero-order chi connectivity index (χ0) is 17.5. The average Bonchev–Trinajstić information content (AvgIpc) is 2.49. The Morgan fingerprint density at radius 3 is 2.52 bits per heavy atom. The number of para-hydroxylation sites is 1. The fourth-order valence-electron chi connectivity index (χ4n) is 2.54. The summed E-state index contributed by atoms with van der Waals surface area (Å²) in [6.45, 7) is 8.04. The number of benzene rings is 1. The highest BCUT2D eigenvalue weighted by Crippen LogP contribution is 2.25. The molecule has 0 aliphatic heterocycles. The molecule has 0 saturated heterocycles. The molecule has 0 fully saturated rings. The number of nitrogens with zero attached hydrogens (tertiary/aromatic N) is 1. The number of hydrogen-bond acceptors (Lipinski definition) is 3. The molecule has 1 aromatic carbocycles. The first kappa shape index (κ1) is 19.6. The molecule has 0 aromatic heterocycles. The third kappa shape index (κ3) is 5.95. The van der Waals surface area contributed by atoms with E-state index in [1.807, 2.05) is 39.0 Å². The van der Waals surface area contributed by atoms with E-state index in [1.165, 1.54) is 6.92 Å². The molecule has 1 amide bonds. The molecule has 0 unspecified atom stereocenters. The maximum absolute atomic E-state index is 12.0. The van der Waals surface area contributed by atoms with Crippen LogP contribution in [0.1, 0.15) is 44.7 Å². The summed E-state index contributed by atoms with van der Waals surface area (Å²) in [5.74, 6) is 0.0514. The Morgan fingerprint density at radius 1 is 1.26 bits per heavy atom. The third-order valence-electron chi connectivity index (χ3n) is 3.78. The van der Waals surface area contributed by atoms with Gasteiger partial charge in [0.15, 0.2) is 0 Å². The van der Waals surface area contributed by atoms with Crippen molar-refractivity contribution in [2.75, 3.05) is 23.7 Å². The van der Waals surface area contributed by atoms with Crippen LogP contribution in [0.4, 0.5) is 5.69 Å². The van der Waals surface area contributed by atoms with Gasteiger partial charge in [0.1, 0.15) is 0 Å². The summed E-state index contributed by atoms with van der Waals surface area (Å²) in [6.07, 6.45) is 2.30. The van der Waals surface area contributed by atoms with E-state index in [-0.39, 0.29) is 18.2 Å². The van der Waals surface area contributed by atoms with Crippen molar-refractivity contribution < 1.29 is 13.2 Å². The zero-order valence-corrected chi connectivity index (χ0v) is 15.4. The minimum absolute atomic E-state index is 0.0817. The number of carbonyl (C=O) groups excluding carboxylic acids is 1. The van der Waals surface area contributed by atoms with Crippen LogP contribution in [-0.2, 0) is 21.2 Å². The molecule has 0 bridgehead atoms. The Morgan fingerprint density at radius 2 is 1.96 bits per heavy atom. The molecule has 0 atom stereocenters. The topological polar surface area (TPSA) is 66.5 Å². The summed E-state index contributed by atoms with van der Waals surface area (Å²) in [6, 6.07) is 5.95. The van der Waals surface area contributed by atoms with Crippen molar-refractivity contribution in [3.05, 3.63) is 29.3 Å². The summed E-state index contributed by atoms with van der Waals surface area (Å²) in [5.41, 5.74) is 3.01. The van der Waals surface area contributed by atoms with E-state index in [0.29, 0.717) is 13.0 Å². The molecule has 0 aliphatic rings. The second-order valence-corrected chi connectivity index (χ2v) is 7.60. The Balaban J connectivity index is 2.84. The smallest absolute Gasteiger partial charge is 0.223 e. The lowest BCUT2D eigenvalue weighted by Gasteiger charge is -2.26. The van der Waals surface area contributed by atoms with Gasteiger partial charge in [-0.2, -0.15) is 0 Å². The van der Waals surface area contributed by atoms with Gasteiger partial charge in [0, 0.05) is 25.7 Å². The molecular formula is C17H28N2O3S. The van der Waals surface area contributed by atoms with E-state index in [0.717, 1.165) is 29.7 Å². The molecule has 6 heteroatoms. The van der Waals surface area contributed by atoms with Crippen LogP contribution in [0.5, 0.6) is 0 Å². The van der Waals surface area contributed by atoms with Gasteiger partial charge in [-0.05, 0) is 30.9 Å². The Bertz CT molecular complexity index is 627. The predicted molar refractivity (Wildman–Crippen MR) is 95.3 cm³/mol. The molecule has 0 aliphatic carbocycles. The van der Waals surface area contributed by atoms with E-state index >= 15 is 0 Å². The molecule has 0 spiro atoms. The van der Waals surface area contributed by atoms with Gasteiger partial charge in [-0.25, -0.2) is 13.1 Å². The number of sulfonamides is 1. The van der Waals surface area contributed by atoms with Crippen molar-refractivity contribution in [2.45, 2.75) is 47.0 Å². The van der Waals surface area contributed by atoms with Crippen molar-refractivity contribution >= 4 is 21.6 Å². The molecule has 1 aromatic rings. The molecule has 0 heterocycles. The van der Waals surface area contributed by atoms with E-state index < -0.39 is 10.0 Å². The minimum atomic E-state index is -3.26. The lowest BCUT2D eigenvalue weighted by atomic mass is 10.0. The lowest BCUT2D eigenvalue weighted by molar-refractivity contribution is -0.116. The molecule has 1 N–H and O–H groups in total. The fourth-order valence-corrected chi connectivity index (χ4v) is 3.75. The maximum Gasteiger partial charge on any atom is 0.223 e. The molecule has 0 radical (unpaired) electrons. The fraction of sp³-hybridized carbons (Fsp3) is 0.588. The van der Waals surface area contributed by atoms with Gasteiger partial charge in [0.05, 0.1) is 5.75 Å². The maximum atomic E-state index is 12.0. The first-order chi connectivity index (χ1) is 10.8. The minimum Gasteiger partial charge on any atom is -0.311 e. The number of unbranched alkanes of at least 4 members (excludes halogenated alkanes) is 1. The molecule has 5 nitrogen and oxygen atoms in total. The van der Waals surface area contributed by atoms with Crippen molar-refractivity contribution in [2.24, 2.45) is 0 Å². The second kappa shape index (κ2) is 9.03. The summed E-state index contributed by atoms with van der Waals surface area (Å²) in [4.78, 5) is 13.7. The number of rotatable bonds is 9. The predicted octanol–water partition coefficient (Wildman–Crippen LogP) is 2.63. The largest absolute Gasteiger partial charge is 0.311 e. The van der Waals surface area contributed by atoms with Crippen LogP contribution in [0.25, 0.3) is 0 Å². The molecular weight excluding hydrogens is 312 g/mol. The normalized spacial score (nSPS) is 11.5. The highest BCUT2D eigenvalue weighted by molar-refractivity contribution is 7.89. The van der Waals surface area contributed by atoms with E-state index in [2.05, 4.69) is 4.72 Å². The van der Waals surface area contributed by atoms with Gasteiger partial charge in [-0.3, -0.25) is 4.79 Å². The lowest BCUT2D eigenvalue weighted by Crippen LogP contribution is -2.39. The number of anilines is 1. The van der Waals surface area contributed by atoms with E-state index in [9.17, 15) is 13.2 Å².